The summed E-state index contributed by atoms with van der Waals surface area (Å²) in [6, 6.07) is 2.73. The van der Waals surface area contributed by atoms with Gasteiger partial charge in [-0.2, -0.15) is 0 Å². The molecule has 0 aliphatic heterocycles. The first-order chi connectivity index (χ1) is 9.27. The van der Waals surface area contributed by atoms with Crippen LogP contribution >= 0.6 is 23.2 Å². The summed E-state index contributed by atoms with van der Waals surface area (Å²) >= 11 is 11.8. The highest BCUT2D eigenvalue weighted by atomic mass is 35.5. The Morgan fingerprint density at radius 2 is 1.95 bits per heavy atom. The number of aliphatic hydroxyl groups excluding tert-OH is 1. The van der Waals surface area contributed by atoms with Gasteiger partial charge in [0, 0.05) is 11.6 Å². The number of benzene rings is 1. The predicted molar refractivity (Wildman–Crippen MR) is 81.6 cm³/mol. The van der Waals surface area contributed by atoms with Crippen molar-refractivity contribution in [2.45, 2.75) is 38.2 Å². The molecule has 2 N–H and O–H groups in total. The summed E-state index contributed by atoms with van der Waals surface area (Å²) in [5.41, 5.74) is 0.293. The first-order valence-electron chi connectivity index (χ1n) is 6.36. The second kappa shape index (κ2) is 7.61. The number of rotatable bonds is 7. The molecule has 0 atom stereocenters. The SMILES string of the molecule is CC(C)CCCNS(=O)(=O)c1cc(Cl)cc(CO)c1Cl. The van der Waals surface area contributed by atoms with Gasteiger partial charge in [0.2, 0.25) is 10.0 Å². The van der Waals surface area contributed by atoms with Crippen LogP contribution < -0.4 is 4.72 Å². The van der Waals surface area contributed by atoms with E-state index in [9.17, 15) is 8.42 Å². The molecule has 7 heteroatoms. The van der Waals surface area contributed by atoms with Gasteiger partial charge in [-0.3, -0.25) is 0 Å². The fourth-order valence-electron chi connectivity index (χ4n) is 1.72. The van der Waals surface area contributed by atoms with Crippen LogP contribution in [0.5, 0.6) is 0 Å². The fourth-order valence-corrected chi connectivity index (χ4v) is 3.72. The van der Waals surface area contributed by atoms with Crippen LogP contribution in [0.15, 0.2) is 17.0 Å². The number of hydrogen-bond acceptors (Lipinski definition) is 3. The molecule has 0 radical (unpaired) electrons. The molecule has 0 spiro atoms. The summed E-state index contributed by atoms with van der Waals surface area (Å²) in [5, 5.41) is 9.38. The van der Waals surface area contributed by atoms with E-state index in [1.807, 2.05) is 0 Å². The Balaban J connectivity index is 2.90. The zero-order valence-electron chi connectivity index (χ0n) is 11.5. The number of nitrogens with one attached hydrogen (secondary N) is 1. The number of hydrogen-bond donors (Lipinski definition) is 2. The van der Waals surface area contributed by atoms with Crippen LogP contribution in [-0.4, -0.2) is 20.1 Å². The van der Waals surface area contributed by atoms with Crippen LogP contribution in [0, 0.1) is 5.92 Å². The van der Waals surface area contributed by atoms with E-state index in [-0.39, 0.29) is 21.5 Å². The fraction of sp³-hybridized carbons (Fsp3) is 0.538. The normalized spacial score (nSPS) is 12.1. The Bertz CT molecular complexity index is 559. The van der Waals surface area contributed by atoms with Crippen molar-refractivity contribution in [1.29, 1.82) is 0 Å². The van der Waals surface area contributed by atoms with Gasteiger partial charge in [-0.05, 0) is 36.5 Å². The van der Waals surface area contributed by atoms with Crippen molar-refractivity contribution in [2.24, 2.45) is 5.92 Å². The van der Waals surface area contributed by atoms with E-state index in [0.717, 1.165) is 12.8 Å². The van der Waals surface area contributed by atoms with Crippen molar-refractivity contribution in [2.75, 3.05) is 6.54 Å². The average Bonchev–Trinajstić information content (AvgIpc) is 2.36. The summed E-state index contributed by atoms with van der Waals surface area (Å²) in [4.78, 5) is -0.0970. The lowest BCUT2D eigenvalue weighted by Gasteiger charge is -2.11. The molecule has 0 unspecified atom stereocenters. The first kappa shape index (κ1) is 17.7. The summed E-state index contributed by atoms with van der Waals surface area (Å²) in [6.07, 6.45) is 1.69. The Morgan fingerprint density at radius 3 is 2.50 bits per heavy atom. The third-order valence-electron chi connectivity index (χ3n) is 2.79. The molecule has 20 heavy (non-hydrogen) atoms. The van der Waals surface area contributed by atoms with Gasteiger partial charge in [-0.15, -0.1) is 0 Å². The van der Waals surface area contributed by atoms with Crippen LogP contribution in [0.2, 0.25) is 10.0 Å². The summed E-state index contributed by atoms with van der Waals surface area (Å²) in [6.45, 7) is 4.14. The zero-order valence-corrected chi connectivity index (χ0v) is 13.8. The molecule has 1 aromatic rings. The molecule has 0 amide bonds. The second-order valence-corrected chi connectivity index (χ2v) is 7.52. The van der Waals surface area contributed by atoms with E-state index < -0.39 is 10.0 Å². The van der Waals surface area contributed by atoms with Crippen LogP contribution in [0.25, 0.3) is 0 Å². The van der Waals surface area contributed by atoms with E-state index in [0.29, 0.717) is 18.0 Å². The molecule has 0 aliphatic rings. The van der Waals surface area contributed by atoms with Gasteiger partial charge >= 0.3 is 0 Å². The van der Waals surface area contributed by atoms with Crippen molar-refractivity contribution in [1.82, 2.24) is 4.72 Å². The number of sulfonamides is 1. The molecule has 0 bridgehead atoms. The minimum atomic E-state index is -3.72. The van der Waals surface area contributed by atoms with E-state index in [1.54, 1.807) is 0 Å². The lowest BCUT2D eigenvalue weighted by atomic mass is 10.1. The molecule has 1 aromatic carbocycles. The van der Waals surface area contributed by atoms with Crippen LogP contribution in [0.3, 0.4) is 0 Å². The smallest absolute Gasteiger partial charge is 0.242 e. The number of halogens is 2. The predicted octanol–water partition coefficient (Wildman–Crippen LogP) is 3.20. The minimum Gasteiger partial charge on any atom is -0.392 e. The topological polar surface area (TPSA) is 66.4 Å². The Hall–Kier alpha value is -0.330. The molecule has 0 aromatic heterocycles. The zero-order chi connectivity index (χ0) is 15.3. The average molecular weight is 340 g/mol. The quantitative estimate of drug-likeness (QED) is 0.749. The van der Waals surface area contributed by atoms with E-state index in [4.69, 9.17) is 28.3 Å². The van der Waals surface area contributed by atoms with Crippen molar-refractivity contribution in [3.8, 4) is 0 Å². The summed E-state index contributed by atoms with van der Waals surface area (Å²) in [7, 11) is -3.72. The molecule has 114 valence electrons. The van der Waals surface area contributed by atoms with Crippen molar-refractivity contribution in [3.63, 3.8) is 0 Å². The molecular formula is C13H19Cl2NO3S. The van der Waals surface area contributed by atoms with Gasteiger partial charge in [0.05, 0.1) is 11.6 Å². The minimum absolute atomic E-state index is 0.00765. The van der Waals surface area contributed by atoms with Crippen LogP contribution in [-0.2, 0) is 16.6 Å². The van der Waals surface area contributed by atoms with Gasteiger partial charge < -0.3 is 5.11 Å². The first-order valence-corrected chi connectivity index (χ1v) is 8.60. The molecule has 0 fully saturated rings. The maximum absolute atomic E-state index is 12.2. The van der Waals surface area contributed by atoms with Gasteiger partial charge in [0.1, 0.15) is 4.90 Å². The maximum Gasteiger partial charge on any atom is 0.242 e. The van der Waals surface area contributed by atoms with E-state index >= 15 is 0 Å². The Kier molecular flexibility index (Phi) is 6.75. The van der Waals surface area contributed by atoms with Crippen molar-refractivity contribution < 1.29 is 13.5 Å². The van der Waals surface area contributed by atoms with Crippen molar-refractivity contribution >= 4 is 33.2 Å². The van der Waals surface area contributed by atoms with E-state index in [2.05, 4.69) is 18.6 Å². The lowest BCUT2D eigenvalue weighted by molar-refractivity contribution is 0.281. The third kappa shape index (κ3) is 4.90. The Morgan fingerprint density at radius 1 is 1.30 bits per heavy atom. The molecule has 0 saturated heterocycles. The summed E-state index contributed by atoms with van der Waals surface area (Å²) in [5.74, 6) is 0.523. The van der Waals surface area contributed by atoms with Crippen molar-refractivity contribution in [3.05, 3.63) is 27.7 Å². The maximum atomic E-state index is 12.2. The number of aliphatic hydroxyl groups is 1. The van der Waals surface area contributed by atoms with E-state index in [1.165, 1.54) is 12.1 Å². The third-order valence-corrected chi connectivity index (χ3v) is 5.05. The summed E-state index contributed by atoms with van der Waals surface area (Å²) < 4.78 is 26.9. The highest BCUT2D eigenvalue weighted by Crippen LogP contribution is 2.29. The second-order valence-electron chi connectivity index (χ2n) is 4.97. The van der Waals surface area contributed by atoms with Gasteiger partial charge in [0.25, 0.3) is 0 Å². The lowest BCUT2D eigenvalue weighted by Crippen LogP contribution is -2.25. The molecule has 0 heterocycles. The van der Waals surface area contributed by atoms with Gasteiger partial charge in [0.15, 0.2) is 0 Å². The van der Waals surface area contributed by atoms with Crippen LogP contribution in [0.4, 0.5) is 0 Å². The molecule has 1 rings (SSSR count). The molecule has 0 saturated carbocycles. The highest BCUT2D eigenvalue weighted by Gasteiger charge is 2.20. The molecule has 4 nitrogen and oxygen atoms in total. The van der Waals surface area contributed by atoms with Gasteiger partial charge in [-0.1, -0.05) is 37.0 Å². The largest absolute Gasteiger partial charge is 0.392 e. The van der Waals surface area contributed by atoms with Crippen LogP contribution in [0.1, 0.15) is 32.3 Å². The molecule has 0 aliphatic carbocycles. The Labute approximate surface area is 130 Å². The standard InChI is InChI=1S/C13H19Cl2NO3S/c1-9(2)4-3-5-16-20(18,19)12-7-11(14)6-10(8-17)13(12)15/h6-7,9,16-17H,3-5,8H2,1-2H3. The van der Waals surface area contributed by atoms with Gasteiger partial charge in [-0.25, -0.2) is 13.1 Å². The monoisotopic (exact) mass is 339 g/mol. The highest BCUT2D eigenvalue weighted by molar-refractivity contribution is 7.89. The molecular weight excluding hydrogens is 321 g/mol.